The molecule has 4 heteroatoms. The lowest BCUT2D eigenvalue weighted by molar-refractivity contribution is -0.142. The molecule has 0 radical (unpaired) electrons. The summed E-state index contributed by atoms with van der Waals surface area (Å²) in [5.41, 5.74) is 0. The van der Waals surface area contributed by atoms with E-state index in [4.69, 9.17) is 5.11 Å². The predicted molar refractivity (Wildman–Crippen MR) is 118 cm³/mol. The maximum atomic E-state index is 11.9. The fraction of sp³-hybridized carbons (Fsp3) is 0.750. The first-order valence-corrected chi connectivity index (χ1v) is 11.3. The maximum absolute atomic E-state index is 11.9. The number of unbranched alkanes of at least 4 members (excludes halogenated alkanes) is 8. The van der Waals surface area contributed by atoms with Crippen LogP contribution >= 0.6 is 0 Å². The summed E-state index contributed by atoms with van der Waals surface area (Å²) >= 11 is 0. The van der Waals surface area contributed by atoms with Crippen molar-refractivity contribution in [1.82, 2.24) is 5.32 Å². The van der Waals surface area contributed by atoms with Crippen molar-refractivity contribution in [3.05, 3.63) is 24.3 Å². The van der Waals surface area contributed by atoms with Gasteiger partial charge in [0, 0.05) is 6.42 Å². The minimum absolute atomic E-state index is 0.140. The van der Waals surface area contributed by atoms with E-state index in [1.165, 1.54) is 38.5 Å². The van der Waals surface area contributed by atoms with Crippen molar-refractivity contribution in [3.63, 3.8) is 0 Å². The first-order chi connectivity index (χ1) is 13.5. The van der Waals surface area contributed by atoms with Crippen molar-refractivity contribution in [2.24, 2.45) is 5.92 Å². The Morgan fingerprint density at radius 3 is 2.00 bits per heavy atom. The number of allylic oxidation sites excluding steroid dienone is 4. The summed E-state index contributed by atoms with van der Waals surface area (Å²) in [6.07, 6.45) is 22.6. The number of hydrogen-bond donors (Lipinski definition) is 2. The second-order valence-electron chi connectivity index (χ2n) is 8.07. The smallest absolute Gasteiger partial charge is 0.326 e. The van der Waals surface area contributed by atoms with Crippen LogP contribution in [0.2, 0.25) is 0 Å². The van der Waals surface area contributed by atoms with Gasteiger partial charge in [0.15, 0.2) is 0 Å². The summed E-state index contributed by atoms with van der Waals surface area (Å²) < 4.78 is 0. The molecule has 0 spiro atoms. The zero-order valence-electron chi connectivity index (χ0n) is 18.4. The van der Waals surface area contributed by atoms with E-state index >= 15 is 0 Å². The van der Waals surface area contributed by atoms with Gasteiger partial charge in [0.25, 0.3) is 0 Å². The van der Waals surface area contributed by atoms with E-state index < -0.39 is 12.0 Å². The van der Waals surface area contributed by atoms with Gasteiger partial charge in [-0.15, -0.1) is 0 Å². The lowest BCUT2D eigenvalue weighted by atomic mass is 10.0. The molecule has 162 valence electrons. The molecule has 0 bridgehead atoms. The highest BCUT2D eigenvalue weighted by molar-refractivity contribution is 5.83. The van der Waals surface area contributed by atoms with Gasteiger partial charge in [-0.25, -0.2) is 4.79 Å². The van der Waals surface area contributed by atoms with E-state index in [0.717, 1.165) is 32.1 Å². The molecule has 0 heterocycles. The number of carbonyl (C=O) groups is 2. The van der Waals surface area contributed by atoms with Gasteiger partial charge >= 0.3 is 5.97 Å². The first-order valence-electron chi connectivity index (χ1n) is 11.3. The molecular weight excluding hydrogens is 350 g/mol. The summed E-state index contributed by atoms with van der Waals surface area (Å²) in [5, 5.41) is 11.8. The zero-order valence-corrected chi connectivity index (χ0v) is 18.4. The summed E-state index contributed by atoms with van der Waals surface area (Å²) in [4.78, 5) is 23.0. The Balaban J connectivity index is 3.57. The molecule has 0 fully saturated rings. The topological polar surface area (TPSA) is 66.4 Å². The molecule has 0 aromatic carbocycles. The number of carboxylic acid groups (broad SMARTS) is 1. The van der Waals surface area contributed by atoms with Crippen LogP contribution in [0.25, 0.3) is 0 Å². The molecule has 0 saturated carbocycles. The third-order valence-corrected chi connectivity index (χ3v) is 4.69. The number of hydrogen-bond acceptors (Lipinski definition) is 2. The van der Waals surface area contributed by atoms with Gasteiger partial charge in [-0.3, -0.25) is 4.79 Å². The van der Waals surface area contributed by atoms with Gasteiger partial charge in [0.1, 0.15) is 6.04 Å². The SMILES string of the molecule is CCCCC/C=C/C/C=C/CCCCCCCC(=O)NC(CC(C)C)C(=O)O. The molecule has 1 amide bonds. The molecule has 28 heavy (non-hydrogen) atoms. The summed E-state index contributed by atoms with van der Waals surface area (Å²) in [7, 11) is 0. The van der Waals surface area contributed by atoms with Crippen LogP contribution < -0.4 is 5.32 Å². The Labute approximate surface area is 172 Å². The van der Waals surface area contributed by atoms with Crippen LogP contribution in [0.1, 0.15) is 104 Å². The van der Waals surface area contributed by atoms with Crippen LogP contribution in [-0.2, 0) is 9.59 Å². The number of rotatable bonds is 18. The lowest BCUT2D eigenvalue weighted by Crippen LogP contribution is -2.41. The number of carbonyl (C=O) groups excluding carboxylic acids is 1. The van der Waals surface area contributed by atoms with Gasteiger partial charge in [-0.05, 0) is 50.9 Å². The first kappa shape index (κ1) is 26.4. The van der Waals surface area contributed by atoms with Crippen molar-refractivity contribution >= 4 is 11.9 Å². The van der Waals surface area contributed by atoms with Crippen LogP contribution in [-0.4, -0.2) is 23.0 Å². The van der Waals surface area contributed by atoms with Crippen molar-refractivity contribution in [2.45, 2.75) is 110 Å². The molecule has 0 rings (SSSR count). The molecule has 1 atom stereocenters. The fourth-order valence-electron chi connectivity index (χ4n) is 3.06. The molecule has 0 aliphatic carbocycles. The second kappa shape index (κ2) is 18.8. The average molecular weight is 394 g/mol. The maximum Gasteiger partial charge on any atom is 0.326 e. The van der Waals surface area contributed by atoms with Gasteiger partial charge in [0.05, 0.1) is 0 Å². The minimum atomic E-state index is -0.943. The molecule has 0 aliphatic heterocycles. The van der Waals surface area contributed by atoms with Crippen molar-refractivity contribution in [2.75, 3.05) is 0 Å². The standard InChI is InChI=1S/C24H43NO3/c1-4-5-6-7-8-9-10-11-12-13-14-15-16-17-18-19-23(26)25-22(24(27)28)20-21(2)3/h8-9,11-12,21-22H,4-7,10,13-20H2,1-3H3,(H,25,26)(H,27,28)/b9-8+,12-11+. The van der Waals surface area contributed by atoms with Gasteiger partial charge < -0.3 is 10.4 Å². The highest BCUT2D eigenvalue weighted by Gasteiger charge is 2.20. The largest absolute Gasteiger partial charge is 0.480 e. The van der Waals surface area contributed by atoms with E-state index in [9.17, 15) is 9.59 Å². The number of amides is 1. The number of aliphatic carboxylic acids is 1. The monoisotopic (exact) mass is 393 g/mol. The molecule has 4 nitrogen and oxygen atoms in total. The van der Waals surface area contributed by atoms with Crippen molar-refractivity contribution in [1.29, 1.82) is 0 Å². The van der Waals surface area contributed by atoms with E-state index in [0.29, 0.717) is 12.8 Å². The lowest BCUT2D eigenvalue weighted by Gasteiger charge is -2.16. The Morgan fingerprint density at radius 1 is 0.857 bits per heavy atom. The molecular formula is C24H43NO3. The molecule has 0 aromatic rings. The fourth-order valence-corrected chi connectivity index (χ4v) is 3.06. The van der Waals surface area contributed by atoms with Gasteiger partial charge in [0.2, 0.25) is 5.91 Å². The van der Waals surface area contributed by atoms with E-state index in [1.54, 1.807) is 0 Å². The minimum Gasteiger partial charge on any atom is -0.480 e. The number of nitrogens with one attached hydrogen (secondary N) is 1. The summed E-state index contributed by atoms with van der Waals surface area (Å²) in [6.45, 7) is 6.15. The summed E-state index contributed by atoms with van der Waals surface area (Å²) in [5.74, 6) is -0.835. The molecule has 0 aromatic heterocycles. The van der Waals surface area contributed by atoms with Crippen LogP contribution in [0.15, 0.2) is 24.3 Å². The molecule has 0 aliphatic rings. The molecule has 0 saturated heterocycles. The summed E-state index contributed by atoms with van der Waals surface area (Å²) in [6, 6.07) is -0.759. The molecule has 2 N–H and O–H groups in total. The van der Waals surface area contributed by atoms with Crippen LogP contribution in [0.4, 0.5) is 0 Å². The van der Waals surface area contributed by atoms with Crippen molar-refractivity contribution in [3.8, 4) is 0 Å². The van der Waals surface area contributed by atoms with E-state index in [-0.39, 0.29) is 11.8 Å². The quantitative estimate of drug-likeness (QED) is 0.209. The Morgan fingerprint density at radius 2 is 1.43 bits per heavy atom. The number of carboxylic acids is 1. The van der Waals surface area contributed by atoms with Crippen LogP contribution in [0.3, 0.4) is 0 Å². The predicted octanol–water partition coefficient (Wildman–Crippen LogP) is 6.42. The zero-order chi connectivity index (χ0) is 21.0. The van der Waals surface area contributed by atoms with E-state index in [2.05, 4.69) is 36.5 Å². The van der Waals surface area contributed by atoms with Gasteiger partial charge in [-0.2, -0.15) is 0 Å². The Kier molecular flexibility index (Phi) is 17.7. The van der Waals surface area contributed by atoms with Crippen LogP contribution in [0.5, 0.6) is 0 Å². The third kappa shape index (κ3) is 17.8. The van der Waals surface area contributed by atoms with Gasteiger partial charge in [-0.1, -0.05) is 77.2 Å². The normalized spacial score (nSPS) is 12.9. The Bertz CT molecular complexity index is 455. The average Bonchev–Trinajstić information content (AvgIpc) is 2.64. The molecule has 1 unspecified atom stereocenters. The second-order valence-corrected chi connectivity index (χ2v) is 8.07. The Hall–Kier alpha value is -1.58. The van der Waals surface area contributed by atoms with Crippen LogP contribution in [0, 0.1) is 5.92 Å². The van der Waals surface area contributed by atoms with Crippen molar-refractivity contribution < 1.29 is 14.7 Å². The van der Waals surface area contributed by atoms with E-state index in [1.807, 2.05) is 13.8 Å². The highest BCUT2D eigenvalue weighted by atomic mass is 16.4. The highest BCUT2D eigenvalue weighted by Crippen LogP contribution is 2.09. The third-order valence-electron chi connectivity index (χ3n) is 4.69.